The normalized spacial score (nSPS) is 9.64. The number of carbonyl (C=O) groups excluding carboxylic acids is 1. The van der Waals surface area contributed by atoms with Crippen LogP contribution in [0.3, 0.4) is 0 Å². The molecule has 1 aromatic carbocycles. The van der Waals surface area contributed by atoms with E-state index in [-0.39, 0.29) is 10.9 Å². The molecule has 4 heteroatoms. The van der Waals surface area contributed by atoms with Gasteiger partial charge in [-0.05, 0) is 24.3 Å². The van der Waals surface area contributed by atoms with Crippen LogP contribution in [0.2, 0.25) is 5.02 Å². The van der Waals surface area contributed by atoms with Crippen molar-refractivity contribution in [1.29, 1.82) is 0 Å². The Bertz CT molecular complexity index is 378. The second kappa shape index (κ2) is 4.24. The lowest BCUT2D eigenvalue weighted by molar-refractivity contribution is -0.113. The van der Waals surface area contributed by atoms with Crippen LogP contribution in [0, 0.1) is 5.82 Å². The fourth-order valence-corrected chi connectivity index (χ4v) is 1.08. The van der Waals surface area contributed by atoms with Crippen molar-refractivity contribution in [2.24, 2.45) is 0 Å². The van der Waals surface area contributed by atoms with Gasteiger partial charge in [0.25, 0.3) is 0 Å². The minimum absolute atomic E-state index is 0.0354. The third kappa shape index (κ3) is 2.12. The number of anilines is 1. The van der Waals surface area contributed by atoms with Gasteiger partial charge >= 0.3 is 0 Å². The van der Waals surface area contributed by atoms with Crippen LogP contribution in [0.15, 0.2) is 30.9 Å². The molecule has 1 aromatic rings. The molecule has 0 fully saturated rings. The molecule has 0 aliphatic rings. The molecule has 14 heavy (non-hydrogen) atoms. The van der Waals surface area contributed by atoms with Crippen molar-refractivity contribution in [3.8, 4) is 0 Å². The van der Waals surface area contributed by atoms with Gasteiger partial charge < -0.3 is 4.90 Å². The molecule has 74 valence electrons. The molecule has 0 radical (unpaired) electrons. The highest BCUT2D eigenvalue weighted by molar-refractivity contribution is 6.30. The van der Waals surface area contributed by atoms with E-state index in [1.165, 1.54) is 24.1 Å². The lowest BCUT2D eigenvalue weighted by Crippen LogP contribution is -2.23. The summed E-state index contributed by atoms with van der Waals surface area (Å²) in [7, 11) is 1.53. The molecule has 0 atom stereocenters. The van der Waals surface area contributed by atoms with Crippen LogP contribution in [0.25, 0.3) is 0 Å². The first kappa shape index (κ1) is 10.7. The van der Waals surface area contributed by atoms with Crippen LogP contribution >= 0.6 is 11.6 Å². The van der Waals surface area contributed by atoms with E-state index in [4.69, 9.17) is 11.6 Å². The summed E-state index contributed by atoms with van der Waals surface area (Å²) < 4.78 is 13.0. The Morgan fingerprint density at radius 1 is 1.64 bits per heavy atom. The Morgan fingerprint density at radius 3 is 2.79 bits per heavy atom. The smallest absolute Gasteiger partial charge is 0.250 e. The zero-order chi connectivity index (χ0) is 10.7. The average Bonchev–Trinajstić information content (AvgIpc) is 2.20. The molecule has 2 nitrogen and oxygen atoms in total. The van der Waals surface area contributed by atoms with Crippen molar-refractivity contribution in [2.75, 3.05) is 11.9 Å². The first-order valence-corrected chi connectivity index (χ1v) is 4.29. The number of nitrogens with zero attached hydrogens (tertiary/aromatic N) is 1. The molecular formula is C10H9ClFNO. The van der Waals surface area contributed by atoms with Gasteiger partial charge in [0.2, 0.25) is 5.91 Å². The maximum Gasteiger partial charge on any atom is 0.250 e. The Hall–Kier alpha value is -1.35. The summed E-state index contributed by atoms with van der Waals surface area (Å²) >= 11 is 5.50. The molecule has 0 saturated carbocycles. The number of likely N-dealkylation sites (N-methyl/N-ethyl adjacent to an activating group) is 1. The van der Waals surface area contributed by atoms with Gasteiger partial charge in [-0.2, -0.15) is 0 Å². The Kier molecular flexibility index (Phi) is 3.25. The van der Waals surface area contributed by atoms with Gasteiger partial charge in [0.05, 0.1) is 5.02 Å². The number of rotatable bonds is 2. The lowest BCUT2D eigenvalue weighted by atomic mass is 10.3. The zero-order valence-electron chi connectivity index (χ0n) is 7.63. The summed E-state index contributed by atoms with van der Waals surface area (Å²) in [6.07, 6.45) is 1.16. The quantitative estimate of drug-likeness (QED) is 0.692. The van der Waals surface area contributed by atoms with Gasteiger partial charge in [0.1, 0.15) is 5.82 Å². The van der Waals surface area contributed by atoms with Crippen molar-refractivity contribution in [1.82, 2.24) is 0 Å². The van der Waals surface area contributed by atoms with E-state index in [1.54, 1.807) is 6.07 Å². The number of amides is 1. The first-order valence-electron chi connectivity index (χ1n) is 3.91. The van der Waals surface area contributed by atoms with E-state index in [0.717, 1.165) is 6.08 Å². The van der Waals surface area contributed by atoms with Crippen LogP contribution in [0.4, 0.5) is 10.1 Å². The van der Waals surface area contributed by atoms with E-state index in [0.29, 0.717) is 5.69 Å². The van der Waals surface area contributed by atoms with Crippen molar-refractivity contribution >= 4 is 23.2 Å². The van der Waals surface area contributed by atoms with Crippen LogP contribution in [0.5, 0.6) is 0 Å². The van der Waals surface area contributed by atoms with Crippen LogP contribution in [-0.2, 0) is 4.79 Å². The van der Waals surface area contributed by atoms with Crippen molar-refractivity contribution < 1.29 is 9.18 Å². The molecule has 1 amide bonds. The summed E-state index contributed by atoms with van der Waals surface area (Å²) in [4.78, 5) is 12.4. The van der Waals surface area contributed by atoms with Crippen LogP contribution in [-0.4, -0.2) is 13.0 Å². The highest BCUT2D eigenvalue weighted by Crippen LogP contribution is 2.21. The van der Waals surface area contributed by atoms with Gasteiger partial charge in [-0.15, -0.1) is 0 Å². The lowest BCUT2D eigenvalue weighted by Gasteiger charge is -2.15. The van der Waals surface area contributed by atoms with E-state index in [9.17, 15) is 9.18 Å². The van der Waals surface area contributed by atoms with Gasteiger partial charge in [0.15, 0.2) is 0 Å². The molecule has 1 rings (SSSR count). The third-order valence-corrected chi connectivity index (χ3v) is 2.10. The highest BCUT2D eigenvalue weighted by Gasteiger charge is 2.09. The maximum atomic E-state index is 13.0. The number of hydrogen-bond acceptors (Lipinski definition) is 1. The predicted molar refractivity (Wildman–Crippen MR) is 55.0 cm³/mol. The first-order chi connectivity index (χ1) is 6.56. The molecule has 0 spiro atoms. The number of benzene rings is 1. The second-order valence-electron chi connectivity index (χ2n) is 2.70. The molecule has 0 heterocycles. The Balaban J connectivity index is 3.02. The van der Waals surface area contributed by atoms with Crippen molar-refractivity contribution in [3.63, 3.8) is 0 Å². The molecule has 0 bridgehead atoms. The second-order valence-corrected chi connectivity index (χ2v) is 3.11. The third-order valence-electron chi connectivity index (χ3n) is 1.80. The largest absolute Gasteiger partial charge is 0.312 e. The zero-order valence-corrected chi connectivity index (χ0v) is 8.38. The fourth-order valence-electron chi connectivity index (χ4n) is 0.958. The number of carbonyl (C=O) groups is 1. The highest BCUT2D eigenvalue weighted by atomic mass is 35.5. The average molecular weight is 214 g/mol. The van der Waals surface area contributed by atoms with Crippen LogP contribution < -0.4 is 4.90 Å². The summed E-state index contributed by atoms with van der Waals surface area (Å²) in [6.45, 7) is 3.34. The Labute approximate surface area is 86.6 Å². The van der Waals surface area contributed by atoms with Gasteiger partial charge in [-0.25, -0.2) is 4.39 Å². The molecule has 0 aromatic heterocycles. The van der Waals surface area contributed by atoms with E-state index in [2.05, 4.69) is 6.58 Å². The predicted octanol–water partition coefficient (Wildman–Crippen LogP) is 2.63. The molecule has 0 aliphatic heterocycles. The molecule has 0 N–H and O–H groups in total. The number of hydrogen-bond donors (Lipinski definition) is 0. The molecular weight excluding hydrogens is 205 g/mol. The minimum atomic E-state index is -0.548. The van der Waals surface area contributed by atoms with Gasteiger partial charge in [0, 0.05) is 12.7 Å². The van der Waals surface area contributed by atoms with E-state index in [1.807, 2.05) is 0 Å². The SMILES string of the molecule is C=CC(=O)N(C)c1ccc(Cl)c(F)c1. The summed E-state index contributed by atoms with van der Waals surface area (Å²) in [5, 5.41) is 0.0354. The summed E-state index contributed by atoms with van der Waals surface area (Å²) in [5.74, 6) is -0.848. The van der Waals surface area contributed by atoms with Gasteiger partial charge in [-0.1, -0.05) is 18.2 Å². The monoisotopic (exact) mass is 213 g/mol. The summed E-state index contributed by atoms with van der Waals surface area (Å²) in [5.41, 5.74) is 0.441. The fraction of sp³-hybridized carbons (Fsp3) is 0.100. The van der Waals surface area contributed by atoms with Crippen molar-refractivity contribution in [3.05, 3.63) is 41.7 Å². The maximum absolute atomic E-state index is 13.0. The minimum Gasteiger partial charge on any atom is -0.312 e. The van der Waals surface area contributed by atoms with Gasteiger partial charge in [-0.3, -0.25) is 4.79 Å². The Morgan fingerprint density at radius 2 is 2.29 bits per heavy atom. The summed E-state index contributed by atoms with van der Waals surface area (Å²) in [6, 6.07) is 4.16. The van der Waals surface area contributed by atoms with Crippen LogP contribution in [0.1, 0.15) is 0 Å². The molecule has 0 aliphatic carbocycles. The van der Waals surface area contributed by atoms with E-state index < -0.39 is 5.82 Å². The molecule has 0 saturated heterocycles. The van der Waals surface area contributed by atoms with E-state index >= 15 is 0 Å². The standard InChI is InChI=1S/C10H9ClFNO/c1-3-10(14)13(2)7-4-5-8(11)9(12)6-7/h3-6H,1H2,2H3. The topological polar surface area (TPSA) is 20.3 Å². The van der Waals surface area contributed by atoms with Crippen molar-refractivity contribution in [2.45, 2.75) is 0 Å². The molecule has 0 unspecified atom stereocenters. The number of halogens is 2.